The number of likely N-dealkylation sites (tertiary alicyclic amines) is 1. The summed E-state index contributed by atoms with van der Waals surface area (Å²) in [4.78, 5) is 50.2. The highest BCUT2D eigenvalue weighted by Gasteiger charge is 2.75. The topological polar surface area (TPSA) is 93.6 Å². The Balaban J connectivity index is 1.63. The number of rotatable bonds is 8. The number of likely N-dealkylation sites (N-methyl/N-ethyl adjacent to an activating group) is 1. The molecule has 2 fully saturated rings. The number of aliphatic hydroxyl groups excluding tert-OH is 1. The number of aliphatic hydroxyl groups is 1. The minimum Gasteiger partial charge on any atom is -0.394 e. The van der Waals surface area contributed by atoms with Crippen LogP contribution < -0.4 is 9.80 Å². The van der Waals surface area contributed by atoms with Gasteiger partial charge in [-0.25, -0.2) is 0 Å². The van der Waals surface area contributed by atoms with E-state index >= 15 is 0 Å². The number of nitrogens with zero attached hydrogens (tertiary/aromatic N) is 4. The predicted molar refractivity (Wildman–Crippen MR) is 158 cm³/mol. The molecule has 0 saturated carbocycles. The number of hydrogen-bond acceptors (Lipinski definition) is 6. The van der Waals surface area contributed by atoms with Crippen molar-refractivity contribution in [3.8, 4) is 0 Å². The van der Waals surface area contributed by atoms with Crippen molar-refractivity contribution in [1.29, 1.82) is 0 Å². The Hall–Kier alpha value is -3.17. The van der Waals surface area contributed by atoms with Gasteiger partial charge in [0.1, 0.15) is 11.6 Å². The molecule has 1 spiro atoms. The summed E-state index contributed by atoms with van der Waals surface area (Å²) in [6, 6.07) is 6.29. The fourth-order valence-corrected chi connectivity index (χ4v) is 7.42. The summed E-state index contributed by atoms with van der Waals surface area (Å²) < 4.78 is 6.87. The molecule has 7 atom stereocenters. The molecule has 1 aromatic carbocycles. The summed E-state index contributed by atoms with van der Waals surface area (Å²) in [5.41, 5.74) is -0.600. The number of hydrogen-bond donors (Lipinski definition) is 1. The van der Waals surface area contributed by atoms with Gasteiger partial charge in [0, 0.05) is 44.6 Å². The molecule has 3 amide bonds. The Bertz CT molecular complexity index is 1240. The lowest BCUT2D eigenvalue weighted by molar-refractivity contribution is -0.152. The highest BCUT2D eigenvalue weighted by Crippen LogP contribution is 2.58. The number of amides is 3. The van der Waals surface area contributed by atoms with E-state index < -0.39 is 35.1 Å². The molecule has 2 saturated heterocycles. The van der Waals surface area contributed by atoms with E-state index in [-0.39, 0.29) is 30.2 Å². The van der Waals surface area contributed by atoms with Crippen LogP contribution in [0.25, 0.3) is 0 Å². The molecule has 4 aliphatic heterocycles. The van der Waals surface area contributed by atoms with Crippen molar-refractivity contribution in [2.24, 2.45) is 17.8 Å². The molecule has 5 rings (SSSR count). The second-order valence-corrected chi connectivity index (χ2v) is 12.0. The second kappa shape index (κ2) is 10.9. The maximum atomic E-state index is 14.7. The number of carbonyl (C=O) groups is 3. The van der Waals surface area contributed by atoms with E-state index in [0.717, 1.165) is 24.5 Å². The first-order valence-electron chi connectivity index (χ1n) is 15.0. The Morgan fingerprint density at radius 3 is 2.24 bits per heavy atom. The van der Waals surface area contributed by atoms with Crippen LogP contribution >= 0.6 is 0 Å². The van der Waals surface area contributed by atoms with Crippen LogP contribution in [0.3, 0.4) is 0 Å². The van der Waals surface area contributed by atoms with Crippen LogP contribution in [-0.4, -0.2) is 95.7 Å². The molecule has 1 unspecified atom stereocenters. The van der Waals surface area contributed by atoms with Crippen molar-refractivity contribution >= 4 is 29.1 Å². The largest absolute Gasteiger partial charge is 0.394 e. The van der Waals surface area contributed by atoms with Gasteiger partial charge in [-0.3, -0.25) is 14.4 Å². The summed E-state index contributed by atoms with van der Waals surface area (Å²) in [5, 5.41) is 10.6. The average Bonchev–Trinajstić information content (AvgIpc) is 3.24. The van der Waals surface area contributed by atoms with E-state index in [1.807, 2.05) is 69.3 Å². The number of carbonyl (C=O) groups excluding carboxylic acids is 3. The number of ether oxygens (including phenoxy) is 1. The fraction of sp³-hybridized carbons (Fsp3) is 0.594. The quantitative estimate of drug-likeness (QED) is 0.488. The van der Waals surface area contributed by atoms with Gasteiger partial charge in [-0.05, 0) is 51.0 Å². The van der Waals surface area contributed by atoms with Crippen LogP contribution in [-0.2, 0) is 19.1 Å². The molecule has 41 heavy (non-hydrogen) atoms. The summed E-state index contributed by atoms with van der Waals surface area (Å²) >= 11 is 0. The fourth-order valence-electron chi connectivity index (χ4n) is 7.42. The van der Waals surface area contributed by atoms with Gasteiger partial charge in [-0.2, -0.15) is 0 Å². The summed E-state index contributed by atoms with van der Waals surface area (Å²) in [5.74, 6) is -2.50. The molecular formula is C32H44N4O5. The molecule has 9 heteroatoms. The van der Waals surface area contributed by atoms with E-state index in [4.69, 9.17) is 4.74 Å². The lowest BCUT2D eigenvalue weighted by Gasteiger charge is -2.41. The van der Waals surface area contributed by atoms with Crippen LogP contribution in [0.5, 0.6) is 0 Å². The zero-order valence-electron chi connectivity index (χ0n) is 25.1. The van der Waals surface area contributed by atoms with Crippen molar-refractivity contribution in [3.05, 3.63) is 48.6 Å². The highest BCUT2D eigenvalue weighted by atomic mass is 16.5. The van der Waals surface area contributed by atoms with Crippen LogP contribution in [0.1, 0.15) is 41.0 Å². The van der Waals surface area contributed by atoms with Gasteiger partial charge in [0.15, 0.2) is 0 Å². The smallest absolute Gasteiger partial charge is 0.253 e. The maximum Gasteiger partial charge on any atom is 0.253 e. The van der Waals surface area contributed by atoms with Crippen LogP contribution in [0.4, 0.5) is 11.4 Å². The number of fused-ring (bicyclic) bond motifs is 2. The van der Waals surface area contributed by atoms with Gasteiger partial charge in [0.25, 0.3) is 5.91 Å². The SMILES string of the molecule is CC[C@H](C)[C@H](CO)N1C(=O)[C@@H]2[C@H]3C(=O)N(C)CC=C[C@@]3(C)O[C@@]23C=CCN(c2ccc(N(CC)CC)cc2)C(=O)C13. The normalized spacial score (nSPS) is 32.4. The molecule has 4 aliphatic rings. The molecule has 222 valence electrons. The van der Waals surface area contributed by atoms with E-state index in [9.17, 15) is 19.5 Å². The monoisotopic (exact) mass is 564 g/mol. The van der Waals surface area contributed by atoms with E-state index in [0.29, 0.717) is 19.5 Å². The summed E-state index contributed by atoms with van der Waals surface area (Å²) in [6.07, 6.45) is 8.24. The minimum atomic E-state index is -1.34. The van der Waals surface area contributed by atoms with Crippen molar-refractivity contribution in [3.63, 3.8) is 0 Å². The van der Waals surface area contributed by atoms with Gasteiger partial charge in [-0.1, -0.05) is 44.6 Å². The minimum absolute atomic E-state index is 0.0690. The second-order valence-electron chi connectivity index (χ2n) is 12.0. The van der Waals surface area contributed by atoms with Gasteiger partial charge in [-0.15, -0.1) is 0 Å². The maximum absolute atomic E-state index is 14.7. The van der Waals surface area contributed by atoms with E-state index in [1.54, 1.807) is 21.7 Å². The molecule has 0 bridgehead atoms. The van der Waals surface area contributed by atoms with Crippen LogP contribution in [0.15, 0.2) is 48.6 Å². The van der Waals surface area contributed by atoms with Gasteiger partial charge in [0.2, 0.25) is 11.8 Å². The Morgan fingerprint density at radius 2 is 1.63 bits per heavy atom. The van der Waals surface area contributed by atoms with E-state index in [1.165, 1.54) is 0 Å². The lowest BCUT2D eigenvalue weighted by atomic mass is 9.74. The van der Waals surface area contributed by atoms with Gasteiger partial charge >= 0.3 is 0 Å². The van der Waals surface area contributed by atoms with Gasteiger partial charge < -0.3 is 29.4 Å². The molecule has 0 aromatic heterocycles. The van der Waals surface area contributed by atoms with Crippen LogP contribution in [0, 0.1) is 17.8 Å². The standard InChI is InChI=1S/C32H44N4O5/c1-7-21(4)24(20-37)36-27-30(40)35(23-14-12-22(13-15-23)34(8-2)9-3)19-11-17-32(27)26(29(36)39)25-28(38)33(6)18-10-16-31(25,5)41-32/h10-17,21,24-27,37H,7-9,18-20H2,1-6H3/t21-,24-,25-,26-,27?,31+,32-/m0/s1. The number of benzene rings is 1. The zero-order valence-corrected chi connectivity index (χ0v) is 25.1. The van der Waals surface area contributed by atoms with Crippen LogP contribution in [0.2, 0.25) is 0 Å². The highest BCUT2D eigenvalue weighted by molar-refractivity contribution is 6.06. The van der Waals surface area contributed by atoms with Crippen molar-refractivity contribution in [1.82, 2.24) is 9.80 Å². The molecule has 0 radical (unpaired) electrons. The van der Waals surface area contributed by atoms with Crippen molar-refractivity contribution in [2.45, 2.75) is 64.3 Å². The lowest BCUT2D eigenvalue weighted by Crippen LogP contribution is -2.60. The average molecular weight is 565 g/mol. The molecule has 4 heterocycles. The summed E-state index contributed by atoms with van der Waals surface area (Å²) in [6.45, 7) is 12.2. The summed E-state index contributed by atoms with van der Waals surface area (Å²) in [7, 11) is 1.73. The van der Waals surface area contributed by atoms with Gasteiger partial charge in [0.05, 0.1) is 30.1 Å². The molecule has 9 nitrogen and oxygen atoms in total. The molecule has 0 aliphatic carbocycles. The Labute approximate surface area is 243 Å². The first-order chi connectivity index (χ1) is 19.6. The molecule has 1 aromatic rings. The third-order valence-corrected chi connectivity index (χ3v) is 9.83. The first-order valence-corrected chi connectivity index (χ1v) is 15.0. The third kappa shape index (κ3) is 4.39. The first kappa shape index (κ1) is 29.3. The molecule has 1 N–H and O–H groups in total. The predicted octanol–water partition coefficient (Wildman–Crippen LogP) is 2.84. The Kier molecular flexibility index (Phi) is 7.80. The van der Waals surface area contributed by atoms with Crippen molar-refractivity contribution in [2.75, 3.05) is 49.6 Å². The van der Waals surface area contributed by atoms with E-state index in [2.05, 4.69) is 18.7 Å². The zero-order chi connectivity index (χ0) is 29.7. The number of anilines is 2. The third-order valence-electron chi connectivity index (χ3n) is 9.83. The molecular weight excluding hydrogens is 520 g/mol. The Morgan fingerprint density at radius 1 is 0.976 bits per heavy atom. The van der Waals surface area contributed by atoms with Crippen molar-refractivity contribution < 1.29 is 24.2 Å².